The molecule has 0 aliphatic carbocycles. The summed E-state index contributed by atoms with van der Waals surface area (Å²) in [4.78, 5) is 21.8. The molecule has 1 aromatic rings. The van der Waals surface area contributed by atoms with Crippen molar-refractivity contribution < 1.29 is 14.6 Å². The first-order valence-corrected chi connectivity index (χ1v) is 6.49. The van der Waals surface area contributed by atoms with Crippen LogP contribution in [-0.4, -0.2) is 12.1 Å². The van der Waals surface area contributed by atoms with E-state index in [2.05, 4.69) is 6.92 Å². The molecule has 1 atom stereocenters. The number of aryl methyl sites for hydroxylation is 2. The van der Waals surface area contributed by atoms with Crippen LogP contribution in [0, 0.1) is 13.8 Å². The number of hydrogen-bond donors (Lipinski definition) is 0. The molecule has 0 N–H and O–H groups in total. The highest BCUT2D eigenvalue weighted by Gasteiger charge is 2.13. The van der Waals surface area contributed by atoms with Gasteiger partial charge in [0.05, 0.1) is 5.56 Å². The van der Waals surface area contributed by atoms with Gasteiger partial charge in [0.1, 0.15) is 6.10 Å². The fraction of sp³-hybridized carbons (Fsp3) is 0.533. The zero-order valence-electron chi connectivity index (χ0n) is 11.7. The second-order valence-corrected chi connectivity index (χ2v) is 4.74. The van der Waals surface area contributed by atoms with Crippen LogP contribution in [0.15, 0.2) is 18.2 Å². The number of benzene rings is 1. The third-order valence-electron chi connectivity index (χ3n) is 2.87. The number of carbonyl (C=O) groups excluding carboxylic acids is 1. The summed E-state index contributed by atoms with van der Waals surface area (Å²) in [6.07, 6.45) is 3.02. The molecule has 0 radical (unpaired) electrons. The van der Waals surface area contributed by atoms with Gasteiger partial charge in [-0.1, -0.05) is 37.5 Å². The molecule has 1 unspecified atom stereocenters. The van der Waals surface area contributed by atoms with E-state index in [1.54, 1.807) is 0 Å². The molecule has 100 valence electrons. The first kappa shape index (κ1) is 14.7. The summed E-state index contributed by atoms with van der Waals surface area (Å²) < 4.78 is 0. The van der Waals surface area contributed by atoms with Gasteiger partial charge in [-0.15, -0.1) is 0 Å². The Balaban J connectivity index is 2.52. The van der Waals surface area contributed by atoms with E-state index in [9.17, 15) is 4.79 Å². The topological polar surface area (TPSA) is 35.5 Å². The van der Waals surface area contributed by atoms with Crippen LogP contribution >= 0.6 is 0 Å². The minimum absolute atomic E-state index is 0.0565. The minimum atomic E-state index is -0.417. The van der Waals surface area contributed by atoms with Gasteiger partial charge in [0.15, 0.2) is 0 Å². The van der Waals surface area contributed by atoms with E-state index in [-0.39, 0.29) is 6.10 Å². The quantitative estimate of drug-likeness (QED) is 0.566. The molecule has 0 bridgehead atoms. The van der Waals surface area contributed by atoms with Crippen LogP contribution in [0.5, 0.6) is 0 Å². The van der Waals surface area contributed by atoms with Crippen LogP contribution in [0.3, 0.4) is 0 Å². The molecule has 0 fully saturated rings. The summed E-state index contributed by atoms with van der Waals surface area (Å²) in [5.74, 6) is -0.417. The van der Waals surface area contributed by atoms with Crippen molar-refractivity contribution >= 4 is 5.97 Å². The number of hydrogen-bond acceptors (Lipinski definition) is 3. The summed E-state index contributed by atoms with van der Waals surface area (Å²) in [6.45, 7) is 7.86. The summed E-state index contributed by atoms with van der Waals surface area (Å²) in [6, 6.07) is 5.70. The van der Waals surface area contributed by atoms with E-state index in [1.807, 2.05) is 39.0 Å². The first-order chi connectivity index (χ1) is 8.54. The summed E-state index contributed by atoms with van der Waals surface area (Å²) >= 11 is 0. The Hall–Kier alpha value is -1.35. The Labute approximate surface area is 109 Å². The summed E-state index contributed by atoms with van der Waals surface area (Å²) in [5.41, 5.74) is 2.50. The molecule has 0 aliphatic rings. The normalized spacial score (nSPS) is 12.2. The van der Waals surface area contributed by atoms with E-state index in [0.717, 1.165) is 30.4 Å². The Morgan fingerprint density at radius 2 is 2.06 bits per heavy atom. The molecule has 18 heavy (non-hydrogen) atoms. The van der Waals surface area contributed by atoms with E-state index < -0.39 is 5.97 Å². The minimum Gasteiger partial charge on any atom is -0.293 e. The molecule has 0 spiro atoms. The van der Waals surface area contributed by atoms with Gasteiger partial charge < -0.3 is 0 Å². The highest BCUT2D eigenvalue weighted by atomic mass is 17.2. The average molecular weight is 250 g/mol. The van der Waals surface area contributed by atoms with Crippen molar-refractivity contribution in [3.8, 4) is 0 Å². The standard InChI is InChI=1S/C15H22O3/c1-5-6-7-13(4)17-18-15(16)14-10-11(2)8-9-12(14)3/h8-10,13H,5-7H2,1-4H3. The lowest BCUT2D eigenvalue weighted by molar-refractivity contribution is -0.271. The van der Waals surface area contributed by atoms with Gasteiger partial charge in [-0.05, 0) is 38.8 Å². The Morgan fingerprint density at radius 3 is 2.72 bits per heavy atom. The second-order valence-electron chi connectivity index (χ2n) is 4.74. The molecule has 0 heterocycles. The smallest absolute Gasteiger partial charge is 0.293 e. The lowest BCUT2D eigenvalue weighted by atomic mass is 10.1. The van der Waals surface area contributed by atoms with Crippen LogP contribution in [0.2, 0.25) is 0 Å². The largest absolute Gasteiger partial charge is 0.373 e. The predicted octanol–water partition coefficient (Wildman–Crippen LogP) is 3.97. The molecule has 3 nitrogen and oxygen atoms in total. The lowest BCUT2D eigenvalue weighted by Crippen LogP contribution is -2.14. The van der Waals surface area contributed by atoms with Gasteiger partial charge in [0, 0.05) is 0 Å². The van der Waals surface area contributed by atoms with Crippen molar-refractivity contribution in [2.24, 2.45) is 0 Å². The maximum absolute atomic E-state index is 11.8. The maximum atomic E-state index is 11.8. The molecule has 0 aromatic heterocycles. The molecule has 0 amide bonds. The SMILES string of the molecule is CCCCC(C)OOC(=O)c1cc(C)ccc1C. The maximum Gasteiger partial charge on any atom is 0.373 e. The predicted molar refractivity (Wildman–Crippen MR) is 71.4 cm³/mol. The van der Waals surface area contributed by atoms with Crippen molar-refractivity contribution in [2.45, 2.75) is 53.1 Å². The van der Waals surface area contributed by atoms with E-state index in [0.29, 0.717) is 5.56 Å². The van der Waals surface area contributed by atoms with Gasteiger partial charge in [-0.3, -0.25) is 4.89 Å². The van der Waals surface area contributed by atoms with E-state index in [4.69, 9.17) is 9.78 Å². The van der Waals surface area contributed by atoms with Crippen LogP contribution < -0.4 is 0 Å². The van der Waals surface area contributed by atoms with Gasteiger partial charge in [-0.25, -0.2) is 4.79 Å². The van der Waals surface area contributed by atoms with Crippen LogP contribution in [-0.2, 0) is 9.78 Å². The Bertz CT molecular complexity index is 399. The Morgan fingerprint density at radius 1 is 1.33 bits per heavy atom. The molecule has 1 aromatic carbocycles. The zero-order chi connectivity index (χ0) is 13.5. The average Bonchev–Trinajstić information content (AvgIpc) is 2.36. The third kappa shape index (κ3) is 4.49. The molecule has 0 aliphatic heterocycles. The molecular weight excluding hydrogens is 228 g/mol. The molecule has 1 rings (SSSR count). The van der Waals surface area contributed by atoms with Gasteiger partial charge in [0.2, 0.25) is 0 Å². The molecular formula is C15H22O3. The summed E-state index contributed by atoms with van der Waals surface area (Å²) in [7, 11) is 0. The van der Waals surface area contributed by atoms with Gasteiger partial charge >= 0.3 is 5.97 Å². The van der Waals surface area contributed by atoms with Crippen molar-refractivity contribution in [3.63, 3.8) is 0 Å². The second kappa shape index (κ2) is 7.17. The van der Waals surface area contributed by atoms with Crippen molar-refractivity contribution in [1.82, 2.24) is 0 Å². The van der Waals surface area contributed by atoms with E-state index >= 15 is 0 Å². The molecule has 0 saturated carbocycles. The fourth-order valence-corrected chi connectivity index (χ4v) is 1.67. The fourth-order valence-electron chi connectivity index (χ4n) is 1.67. The lowest BCUT2D eigenvalue weighted by Gasteiger charge is -2.11. The van der Waals surface area contributed by atoms with Crippen molar-refractivity contribution in [3.05, 3.63) is 34.9 Å². The van der Waals surface area contributed by atoms with Crippen LogP contribution in [0.25, 0.3) is 0 Å². The van der Waals surface area contributed by atoms with Crippen molar-refractivity contribution in [1.29, 1.82) is 0 Å². The molecule has 3 heteroatoms. The summed E-state index contributed by atoms with van der Waals surface area (Å²) in [5, 5.41) is 0. The van der Waals surface area contributed by atoms with Crippen molar-refractivity contribution in [2.75, 3.05) is 0 Å². The number of carbonyl (C=O) groups is 1. The zero-order valence-corrected chi connectivity index (χ0v) is 11.7. The Kier molecular flexibility index (Phi) is 5.86. The van der Waals surface area contributed by atoms with E-state index in [1.165, 1.54) is 0 Å². The number of rotatable bonds is 6. The number of unbranched alkanes of at least 4 members (excludes halogenated alkanes) is 1. The van der Waals surface area contributed by atoms with Crippen LogP contribution in [0.1, 0.15) is 54.6 Å². The van der Waals surface area contributed by atoms with Gasteiger partial charge in [0.25, 0.3) is 0 Å². The van der Waals surface area contributed by atoms with Gasteiger partial charge in [-0.2, -0.15) is 4.89 Å². The van der Waals surface area contributed by atoms with Crippen LogP contribution in [0.4, 0.5) is 0 Å². The monoisotopic (exact) mass is 250 g/mol. The third-order valence-corrected chi connectivity index (χ3v) is 2.87. The highest BCUT2D eigenvalue weighted by molar-refractivity contribution is 5.90. The molecule has 0 saturated heterocycles. The first-order valence-electron chi connectivity index (χ1n) is 6.49. The highest BCUT2D eigenvalue weighted by Crippen LogP contribution is 2.13.